The summed E-state index contributed by atoms with van der Waals surface area (Å²) in [5.74, 6) is 1.60. The van der Waals surface area contributed by atoms with Crippen molar-refractivity contribution in [3.63, 3.8) is 0 Å². The van der Waals surface area contributed by atoms with Crippen LogP contribution in [0.1, 0.15) is 5.69 Å². The minimum atomic E-state index is -0.0567. The average molecular weight is 377 g/mol. The van der Waals surface area contributed by atoms with Crippen LogP contribution in [0.2, 0.25) is 0 Å². The van der Waals surface area contributed by atoms with Crippen LogP contribution in [-0.2, 0) is 6.54 Å². The molecule has 0 aliphatic rings. The summed E-state index contributed by atoms with van der Waals surface area (Å²) in [6.45, 7) is 0.600. The van der Waals surface area contributed by atoms with Gasteiger partial charge in [-0.2, -0.15) is 0 Å². The molecule has 0 spiro atoms. The minimum absolute atomic E-state index is 0.0567. The quantitative estimate of drug-likeness (QED) is 0.384. The average Bonchev–Trinajstić information content (AvgIpc) is 3.16. The molecule has 0 aliphatic heterocycles. The molecule has 4 heterocycles. The molecule has 0 radical (unpaired) electrons. The molecule has 4 aromatic heterocycles. The van der Waals surface area contributed by atoms with E-state index in [1.807, 2.05) is 30.5 Å². The maximum atomic E-state index is 8.87. The second kappa shape index (κ2) is 7.89. The number of rotatable bonds is 7. The van der Waals surface area contributed by atoms with Crippen molar-refractivity contribution < 1.29 is 9.84 Å². The standard InChI is InChI=1S/C19H19N7O2/c20-15-8-12(4-5-21-15)14-10-23-19-17(14)18(24-11-25-19)22-9-13-2-1-3-16(26-13)28-7-6-27/h1-5,8,10-11,27H,6-7,9H2,(H2,20,21)(H2,22,23,24,25). The number of aromatic nitrogens is 5. The molecule has 0 unspecified atom stereocenters. The van der Waals surface area contributed by atoms with Crippen molar-refractivity contribution >= 4 is 22.7 Å². The van der Waals surface area contributed by atoms with Crippen LogP contribution in [0.15, 0.2) is 49.1 Å². The third-order valence-corrected chi connectivity index (χ3v) is 4.12. The number of aromatic amines is 1. The van der Waals surface area contributed by atoms with Gasteiger partial charge in [-0.05, 0) is 23.8 Å². The zero-order valence-corrected chi connectivity index (χ0v) is 15.0. The van der Waals surface area contributed by atoms with Crippen LogP contribution >= 0.6 is 0 Å². The van der Waals surface area contributed by atoms with Crippen LogP contribution in [-0.4, -0.2) is 43.2 Å². The van der Waals surface area contributed by atoms with E-state index in [2.05, 4.69) is 30.2 Å². The zero-order chi connectivity index (χ0) is 19.3. The smallest absolute Gasteiger partial charge is 0.213 e. The molecule has 0 amide bonds. The number of aliphatic hydroxyl groups excluding tert-OH is 1. The van der Waals surface area contributed by atoms with Gasteiger partial charge in [-0.3, -0.25) is 0 Å². The van der Waals surface area contributed by atoms with E-state index in [9.17, 15) is 0 Å². The van der Waals surface area contributed by atoms with Crippen LogP contribution in [0, 0.1) is 0 Å². The summed E-state index contributed by atoms with van der Waals surface area (Å²) in [6, 6.07) is 9.19. The fourth-order valence-electron chi connectivity index (χ4n) is 2.90. The molecule has 0 bridgehead atoms. The Kier molecular flexibility index (Phi) is 4.98. The molecule has 9 nitrogen and oxygen atoms in total. The summed E-state index contributed by atoms with van der Waals surface area (Å²) in [7, 11) is 0. The number of nitrogens with one attached hydrogen (secondary N) is 2. The van der Waals surface area contributed by atoms with Gasteiger partial charge in [-0.15, -0.1) is 0 Å². The molecule has 4 rings (SSSR count). The van der Waals surface area contributed by atoms with Gasteiger partial charge in [0.25, 0.3) is 0 Å². The molecule has 4 aromatic rings. The number of ether oxygens (including phenoxy) is 1. The number of anilines is 2. The summed E-state index contributed by atoms with van der Waals surface area (Å²) in [5.41, 5.74) is 9.19. The van der Waals surface area contributed by atoms with E-state index in [1.165, 1.54) is 6.33 Å². The van der Waals surface area contributed by atoms with Crippen molar-refractivity contribution in [3.8, 4) is 17.0 Å². The molecule has 0 saturated carbocycles. The number of fused-ring (bicyclic) bond motifs is 1. The minimum Gasteiger partial charge on any atom is -0.475 e. The molecule has 0 aliphatic carbocycles. The zero-order valence-electron chi connectivity index (χ0n) is 15.0. The van der Waals surface area contributed by atoms with Crippen molar-refractivity contribution in [2.24, 2.45) is 0 Å². The lowest BCUT2D eigenvalue weighted by Gasteiger charge is -2.09. The lowest BCUT2D eigenvalue weighted by atomic mass is 10.1. The summed E-state index contributed by atoms with van der Waals surface area (Å²) in [5, 5.41) is 13.0. The SMILES string of the molecule is Nc1cc(-c2c[nH]c3ncnc(NCc4cccc(OCCO)n4)c23)ccn1. The predicted octanol–water partition coefficient (Wildman–Crippen LogP) is 1.98. The van der Waals surface area contributed by atoms with Gasteiger partial charge in [-0.25, -0.2) is 19.9 Å². The summed E-state index contributed by atoms with van der Waals surface area (Å²) < 4.78 is 5.36. The van der Waals surface area contributed by atoms with E-state index in [4.69, 9.17) is 15.6 Å². The highest BCUT2D eigenvalue weighted by molar-refractivity contribution is 6.01. The third-order valence-electron chi connectivity index (χ3n) is 4.12. The maximum absolute atomic E-state index is 8.87. The van der Waals surface area contributed by atoms with Gasteiger partial charge in [0, 0.05) is 24.0 Å². The topological polar surface area (TPSA) is 135 Å². The highest BCUT2D eigenvalue weighted by Crippen LogP contribution is 2.32. The van der Waals surface area contributed by atoms with Crippen LogP contribution in [0.5, 0.6) is 5.88 Å². The molecular formula is C19H19N7O2. The second-order valence-electron chi connectivity index (χ2n) is 6.01. The van der Waals surface area contributed by atoms with Gasteiger partial charge in [0.2, 0.25) is 5.88 Å². The van der Waals surface area contributed by atoms with Crippen molar-refractivity contribution in [2.45, 2.75) is 6.54 Å². The van der Waals surface area contributed by atoms with Crippen LogP contribution in [0.3, 0.4) is 0 Å². The number of H-pyrrole nitrogens is 1. The van der Waals surface area contributed by atoms with Crippen molar-refractivity contribution in [3.05, 3.63) is 54.7 Å². The third kappa shape index (κ3) is 3.69. The Morgan fingerprint density at radius 2 is 2.11 bits per heavy atom. The fraction of sp³-hybridized carbons (Fsp3) is 0.158. The summed E-state index contributed by atoms with van der Waals surface area (Å²) in [4.78, 5) is 20.3. The van der Waals surface area contributed by atoms with Crippen molar-refractivity contribution in [1.82, 2.24) is 24.9 Å². The van der Waals surface area contributed by atoms with E-state index < -0.39 is 0 Å². The molecule has 28 heavy (non-hydrogen) atoms. The lowest BCUT2D eigenvalue weighted by Crippen LogP contribution is -2.07. The molecule has 0 fully saturated rings. The monoisotopic (exact) mass is 377 g/mol. The van der Waals surface area contributed by atoms with Crippen LogP contribution < -0.4 is 15.8 Å². The van der Waals surface area contributed by atoms with Crippen LogP contribution in [0.4, 0.5) is 11.6 Å². The van der Waals surface area contributed by atoms with Crippen LogP contribution in [0.25, 0.3) is 22.2 Å². The van der Waals surface area contributed by atoms with E-state index in [0.29, 0.717) is 24.1 Å². The number of nitrogens with two attached hydrogens (primary N) is 1. The number of hydrogen-bond acceptors (Lipinski definition) is 8. The Morgan fingerprint density at radius 3 is 2.96 bits per heavy atom. The Hall–Kier alpha value is -3.72. The van der Waals surface area contributed by atoms with Gasteiger partial charge >= 0.3 is 0 Å². The van der Waals surface area contributed by atoms with Gasteiger partial charge in [-0.1, -0.05) is 6.07 Å². The number of nitrogens with zero attached hydrogens (tertiary/aromatic N) is 4. The first-order valence-electron chi connectivity index (χ1n) is 8.72. The Balaban J connectivity index is 1.62. The summed E-state index contributed by atoms with van der Waals surface area (Å²) in [6.07, 6.45) is 5.04. The summed E-state index contributed by atoms with van der Waals surface area (Å²) >= 11 is 0. The number of nitrogen functional groups attached to an aromatic ring is 1. The molecule has 142 valence electrons. The normalized spacial score (nSPS) is 10.9. The van der Waals surface area contributed by atoms with Crippen molar-refractivity contribution in [1.29, 1.82) is 0 Å². The molecule has 0 atom stereocenters. The Labute approximate surface area is 160 Å². The van der Waals surface area contributed by atoms with Gasteiger partial charge in [0.1, 0.15) is 30.2 Å². The second-order valence-corrected chi connectivity index (χ2v) is 6.01. The molecule has 0 saturated heterocycles. The first kappa shape index (κ1) is 17.7. The highest BCUT2D eigenvalue weighted by atomic mass is 16.5. The Morgan fingerprint density at radius 1 is 1.18 bits per heavy atom. The van der Waals surface area contributed by atoms with E-state index >= 15 is 0 Å². The first-order valence-corrected chi connectivity index (χ1v) is 8.72. The van der Waals surface area contributed by atoms with E-state index in [1.54, 1.807) is 12.3 Å². The highest BCUT2D eigenvalue weighted by Gasteiger charge is 2.13. The first-order chi connectivity index (χ1) is 13.7. The van der Waals surface area contributed by atoms with Gasteiger partial charge in [0.05, 0.1) is 24.2 Å². The fourth-order valence-corrected chi connectivity index (χ4v) is 2.90. The number of aliphatic hydroxyl groups is 1. The maximum Gasteiger partial charge on any atom is 0.213 e. The Bertz CT molecular complexity index is 1100. The van der Waals surface area contributed by atoms with E-state index in [-0.39, 0.29) is 13.2 Å². The van der Waals surface area contributed by atoms with E-state index in [0.717, 1.165) is 27.9 Å². The molecule has 5 N–H and O–H groups in total. The van der Waals surface area contributed by atoms with Crippen molar-refractivity contribution in [2.75, 3.05) is 24.3 Å². The number of hydrogen-bond donors (Lipinski definition) is 4. The van der Waals surface area contributed by atoms with Gasteiger partial charge < -0.3 is 25.9 Å². The molecular weight excluding hydrogens is 358 g/mol. The lowest BCUT2D eigenvalue weighted by molar-refractivity contribution is 0.196. The van der Waals surface area contributed by atoms with Gasteiger partial charge in [0.15, 0.2) is 0 Å². The predicted molar refractivity (Wildman–Crippen MR) is 106 cm³/mol. The largest absolute Gasteiger partial charge is 0.475 e. The number of pyridine rings is 2. The molecule has 0 aromatic carbocycles. The molecule has 9 heteroatoms.